The van der Waals surface area contributed by atoms with E-state index in [4.69, 9.17) is 0 Å². The van der Waals surface area contributed by atoms with E-state index >= 15 is 0 Å². The van der Waals surface area contributed by atoms with Gasteiger partial charge in [0.1, 0.15) is 5.78 Å². The largest absolute Gasteiger partial charge is 0.299 e. The third kappa shape index (κ3) is 1.57. The van der Waals surface area contributed by atoms with Crippen LogP contribution in [0.2, 0.25) is 0 Å². The Balaban J connectivity index is 2.28. The smallest absolute Gasteiger partial charge is 0.143 e. The van der Waals surface area contributed by atoms with E-state index in [-0.39, 0.29) is 5.41 Å². The number of ketones is 1. The lowest BCUT2D eigenvalue weighted by Gasteiger charge is -2.48. The molecule has 2 fully saturated rings. The number of carbonyl (C=O) groups is 1. The highest BCUT2D eigenvalue weighted by Crippen LogP contribution is 2.53. The lowest BCUT2D eigenvalue weighted by molar-refractivity contribution is -0.132. The topological polar surface area (TPSA) is 17.1 Å². The van der Waals surface area contributed by atoms with Crippen LogP contribution in [-0.4, -0.2) is 5.78 Å². The van der Waals surface area contributed by atoms with Crippen molar-refractivity contribution in [2.24, 2.45) is 17.3 Å². The van der Waals surface area contributed by atoms with Crippen LogP contribution in [0.25, 0.3) is 0 Å². The van der Waals surface area contributed by atoms with E-state index in [1.165, 1.54) is 12.0 Å². The zero-order chi connectivity index (χ0) is 11.9. The van der Waals surface area contributed by atoms with Gasteiger partial charge in [0.2, 0.25) is 0 Å². The average molecular weight is 218 g/mol. The van der Waals surface area contributed by atoms with Crippen molar-refractivity contribution in [3.63, 3.8) is 0 Å². The highest BCUT2D eigenvalue weighted by atomic mass is 16.1. The molecule has 0 aromatic rings. The number of carbonyl (C=O) groups excluding carboxylic acids is 1. The number of allylic oxidation sites excluding steroid dienone is 2. The molecule has 3 atom stereocenters. The summed E-state index contributed by atoms with van der Waals surface area (Å²) in [5, 5.41) is 0. The standard InChI is InChI=1S/C15H22O/c1-10(2)12-8-11(3)15(4)13(9-12)6-5-7-14(15)16/h12-13H,1,3,5-9H2,2,4H3/t12-,13+,15-/m0/s1. The molecule has 1 heteroatoms. The van der Waals surface area contributed by atoms with Crippen molar-refractivity contribution < 1.29 is 4.79 Å². The molecule has 0 unspecified atom stereocenters. The minimum atomic E-state index is -0.218. The van der Waals surface area contributed by atoms with Crippen LogP contribution in [0.1, 0.15) is 46.0 Å². The van der Waals surface area contributed by atoms with E-state index in [1.807, 2.05) is 0 Å². The van der Waals surface area contributed by atoms with Crippen molar-refractivity contribution in [3.05, 3.63) is 24.3 Å². The Bertz CT molecular complexity index is 352. The Morgan fingerprint density at radius 1 is 1.50 bits per heavy atom. The quantitative estimate of drug-likeness (QED) is 0.610. The highest BCUT2D eigenvalue weighted by molar-refractivity contribution is 5.88. The van der Waals surface area contributed by atoms with E-state index in [0.717, 1.165) is 31.3 Å². The summed E-state index contributed by atoms with van der Waals surface area (Å²) in [6, 6.07) is 0. The monoisotopic (exact) mass is 218 g/mol. The summed E-state index contributed by atoms with van der Waals surface area (Å²) < 4.78 is 0. The fourth-order valence-corrected chi connectivity index (χ4v) is 3.44. The molecule has 0 radical (unpaired) electrons. The fourth-order valence-electron chi connectivity index (χ4n) is 3.44. The molecule has 2 rings (SSSR count). The summed E-state index contributed by atoms with van der Waals surface area (Å²) in [6.45, 7) is 12.5. The third-order valence-electron chi connectivity index (χ3n) is 4.85. The van der Waals surface area contributed by atoms with E-state index < -0.39 is 0 Å². The number of fused-ring (bicyclic) bond motifs is 1. The minimum Gasteiger partial charge on any atom is -0.299 e. The Morgan fingerprint density at radius 3 is 2.81 bits per heavy atom. The van der Waals surface area contributed by atoms with Gasteiger partial charge in [-0.1, -0.05) is 24.3 Å². The van der Waals surface area contributed by atoms with E-state index in [2.05, 4.69) is 27.0 Å². The summed E-state index contributed by atoms with van der Waals surface area (Å²) in [7, 11) is 0. The second-order valence-corrected chi connectivity index (χ2v) is 5.80. The van der Waals surface area contributed by atoms with E-state index in [9.17, 15) is 4.79 Å². The lowest BCUT2D eigenvalue weighted by Crippen LogP contribution is -2.45. The molecule has 0 saturated heterocycles. The molecule has 0 aromatic heterocycles. The Kier molecular flexibility index (Phi) is 2.81. The van der Waals surface area contributed by atoms with Crippen molar-refractivity contribution in [1.29, 1.82) is 0 Å². The fraction of sp³-hybridized carbons (Fsp3) is 0.667. The predicted molar refractivity (Wildman–Crippen MR) is 67.1 cm³/mol. The van der Waals surface area contributed by atoms with Crippen molar-refractivity contribution in [1.82, 2.24) is 0 Å². The molecule has 0 bridgehead atoms. The predicted octanol–water partition coefficient (Wildman–Crippen LogP) is 3.90. The van der Waals surface area contributed by atoms with Crippen LogP contribution < -0.4 is 0 Å². The van der Waals surface area contributed by atoms with Crippen LogP contribution in [0, 0.1) is 17.3 Å². The Hall–Kier alpha value is -0.850. The first-order valence-electron chi connectivity index (χ1n) is 6.33. The number of rotatable bonds is 1. The van der Waals surface area contributed by atoms with Gasteiger partial charge in [0.25, 0.3) is 0 Å². The summed E-state index contributed by atoms with van der Waals surface area (Å²) in [5.74, 6) is 1.49. The van der Waals surface area contributed by atoms with Gasteiger partial charge < -0.3 is 0 Å². The third-order valence-corrected chi connectivity index (χ3v) is 4.85. The lowest BCUT2D eigenvalue weighted by atomic mass is 9.55. The van der Waals surface area contributed by atoms with Crippen LogP contribution >= 0.6 is 0 Å². The molecular formula is C15H22O. The molecule has 2 saturated carbocycles. The second kappa shape index (κ2) is 3.87. The second-order valence-electron chi connectivity index (χ2n) is 5.80. The van der Waals surface area contributed by atoms with Crippen LogP contribution in [0.5, 0.6) is 0 Å². The first-order valence-corrected chi connectivity index (χ1v) is 6.33. The molecular weight excluding hydrogens is 196 g/mol. The summed E-state index contributed by atoms with van der Waals surface area (Å²) in [5.41, 5.74) is 2.19. The molecule has 88 valence electrons. The summed E-state index contributed by atoms with van der Waals surface area (Å²) >= 11 is 0. The van der Waals surface area contributed by atoms with Gasteiger partial charge in [-0.2, -0.15) is 0 Å². The zero-order valence-corrected chi connectivity index (χ0v) is 10.5. The summed E-state index contributed by atoms with van der Waals surface area (Å²) in [6.07, 6.45) is 5.11. The van der Waals surface area contributed by atoms with Crippen LogP contribution in [0.15, 0.2) is 24.3 Å². The van der Waals surface area contributed by atoms with Gasteiger partial charge in [-0.25, -0.2) is 0 Å². The molecule has 0 aliphatic heterocycles. The van der Waals surface area contributed by atoms with Gasteiger partial charge in [0, 0.05) is 11.8 Å². The van der Waals surface area contributed by atoms with Gasteiger partial charge >= 0.3 is 0 Å². The van der Waals surface area contributed by atoms with Crippen LogP contribution in [0.3, 0.4) is 0 Å². The molecule has 0 N–H and O–H groups in total. The number of hydrogen-bond acceptors (Lipinski definition) is 1. The molecule has 16 heavy (non-hydrogen) atoms. The maximum absolute atomic E-state index is 12.2. The Labute approximate surface area is 98.6 Å². The van der Waals surface area contributed by atoms with Crippen molar-refractivity contribution in [3.8, 4) is 0 Å². The van der Waals surface area contributed by atoms with Gasteiger partial charge in [0.05, 0.1) is 0 Å². The summed E-state index contributed by atoms with van der Waals surface area (Å²) in [4.78, 5) is 12.2. The Morgan fingerprint density at radius 2 is 2.19 bits per heavy atom. The highest BCUT2D eigenvalue weighted by Gasteiger charge is 2.48. The van der Waals surface area contributed by atoms with E-state index in [0.29, 0.717) is 17.6 Å². The molecule has 2 aliphatic rings. The zero-order valence-electron chi connectivity index (χ0n) is 10.5. The SMILES string of the molecule is C=C(C)[C@H]1CC(=C)[C@]2(C)C(=O)CCC[C@@H]2C1. The van der Waals surface area contributed by atoms with Crippen LogP contribution in [0.4, 0.5) is 0 Å². The molecule has 1 nitrogen and oxygen atoms in total. The van der Waals surface area contributed by atoms with Gasteiger partial charge in [-0.15, -0.1) is 0 Å². The number of Topliss-reactive ketones (excluding diaryl/α,β-unsaturated/α-hetero) is 1. The van der Waals surface area contributed by atoms with Gasteiger partial charge in [-0.3, -0.25) is 4.79 Å². The van der Waals surface area contributed by atoms with Gasteiger partial charge in [0.15, 0.2) is 0 Å². The van der Waals surface area contributed by atoms with Crippen molar-refractivity contribution in [2.75, 3.05) is 0 Å². The molecule has 0 amide bonds. The minimum absolute atomic E-state index is 0.218. The maximum atomic E-state index is 12.2. The normalized spacial score (nSPS) is 39.4. The number of hydrogen-bond donors (Lipinski definition) is 0. The van der Waals surface area contributed by atoms with Gasteiger partial charge in [-0.05, 0) is 51.4 Å². The molecule has 0 aromatic carbocycles. The average Bonchev–Trinajstić information content (AvgIpc) is 2.22. The molecule has 0 heterocycles. The van der Waals surface area contributed by atoms with Crippen LogP contribution in [-0.2, 0) is 4.79 Å². The maximum Gasteiger partial charge on any atom is 0.143 e. The first kappa shape index (κ1) is 11.6. The first-order chi connectivity index (χ1) is 7.46. The van der Waals surface area contributed by atoms with E-state index in [1.54, 1.807) is 0 Å². The van der Waals surface area contributed by atoms with Crippen molar-refractivity contribution in [2.45, 2.75) is 46.0 Å². The molecule has 0 spiro atoms. The van der Waals surface area contributed by atoms with Crippen molar-refractivity contribution >= 4 is 5.78 Å². The molecule has 2 aliphatic carbocycles.